The topological polar surface area (TPSA) is 218 Å². The lowest BCUT2D eigenvalue weighted by molar-refractivity contribution is 0.0185. The average Bonchev–Trinajstić information content (AvgIpc) is 3.03. The second kappa shape index (κ2) is 9.25. The number of ether oxygens (including phenoxy) is 2. The fourth-order valence-electron chi connectivity index (χ4n) is 5.53. The molecule has 0 fully saturated rings. The molecule has 41 heavy (non-hydrogen) atoms. The third-order valence-corrected chi connectivity index (χ3v) is 7.48. The molecule has 9 N–H and O–H groups in total. The summed E-state index contributed by atoms with van der Waals surface area (Å²) in [5.74, 6) is -3.65. The molecule has 0 saturated carbocycles. The molecule has 0 aromatic heterocycles. The third-order valence-electron chi connectivity index (χ3n) is 7.48. The summed E-state index contributed by atoms with van der Waals surface area (Å²) in [7, 11) is 0. The molecule has 2 aliphatic rings. The van der Waals surface area contributed by atoms with Gasteiger partial charge in [0.25, 0.3) is 0 Å². The van der Waals surface area contributed by atoms with E-state index >= 15 is 0 Å². The van der Waals surface area contributed by atoms with Gasteiger partial charge in [-0.3, -0.25) is 4.79 Å². The van der Waals surface area contributed by atoms with Crippen molar-refractivity contribution in [2.24, 2.45) is 0 Å². The lowest BCUT2D eigenvalue weighted by Gasteiger charge is -2.32. The van der Waals surface area contributed by atoms with Gasteiger partial charge in [0.2, 0.25) is 5.43 Å². The predicted molar refractivity (Wildman–Crippen MR) is 141 cm³/mol. The first kappa shape index (κ1) is 26.2. The standard InChI is InChI=1S/C29H24O12/c30-10-3-17(32)15-8-20(35)28(40-22(15)5-10)13-2-1-12-14(7-19(34)26(38)24(12)27(39)25(13)37)29-21(36)9-16-18(33)4-11(31)6-23(16)41-29/h1-7,20-21,28-36,38H,8-9H2,(H,37,39)/t20-,21-,28?,29?/m1/s1. The summed E-state index contributed by atoms with van der Waals surface area (Å²) in [6.45, 7) is 0. The van der Waals surface area contributed by atoms with Crippen LogP contribution in [0, 0.1) is 0 Å². The molecule has 2 aliphatic heterocycles. The number of aliphatic hydroxyl groups is 2. The minimum absolute atomic E-state index is 0.0192. The highest BCUT2D eigenvalue weighted by Gasteiger charge is 2.37. The molecule has 12 heteroatoms. The van der Waals surface area contributed by atoms with Crippen LogP contribution in [-0.2, 0) is 12.8 Å². The molecule has 6 rings (SSSR count). The molecule has 2 heterocycles. The van der Waals surface area contributed by atoms with Gasteiger partial charge in [-0.1, -0.05) is 12.1 Å². The van der Waals surface area contributed by atoms with Crippen LogP contribution >= 0.6 is 0 Å². The van der Waals surface area contributed by atoms with E-state index < -0.39 is 52.5 Å². The molecular formula is C29H24O12. The Hall–Kier alpha value is -5.07. The SMILES string of the molecule is O=c1c(O)c(C2Oc3cc(O)cc(O)c3C[C@H]2O)ccc2c(C3Oc4cc(O)cc(O)c4C[C@H]3O)cc(O)c(O)c12. The molecule has 0 spiro atoms. The van der Waals surface area contributed by atoms with Crippen molar-refractivity contribution in [1.29, 1.82) is 0 Å². The Morgan fingerprint density at radius 3 is 1.66 bits per heavy atom. The second-order valence-electron chi connectivity index (χ2n) is 10.1. The van der Waals surface area contributed by atoms with Crippen LogP contribution in [0.15, 0.2) is 47.3 Å². The highest BCUT2D eigenvalue weighted by molar-refractivity contribution is 5.94. The van der Waals surface area contributed by atoms with Gasteiger partial charge in [0.15, 0.2) is 29.5 Å². The highest BCUT2D eigenvalue weighted by atomic mass is 16.5. The number of rotatable bonds is 2. The van der Waals surface area contributed by atoms with E-state index in [4.69, 9.17) is 9.47 Å². The van der Waals surface area contributed by atoms with Gasteiger partial charge < -0.3 is 55.4 Å². The van der Waals surface area contributed by atoms with E-state index in [1.807, 2.05) is 0 Å². The summed E-state index contributed by atoms with van der Waals surface area (Å²) in [6, 6.07) is 8.28. The van der Waals surface area contributed by atoms with Gasteiger partial charge in [-0.25, -0.2) is 0 Å². The maximum atomic E-state index is 13.5. The smallest absolute Gasteiger partial charge is 0.232 e. The van der Waals surface area contributed by atoms with Crippen molar-refractivity contribution in [3.63, 3.8) is 0 Å². The average molecular weight is 564 g/mol. The van der Waals surface area contributed by atoms with Crippen molar-refractivity contribution < 1.29 is 55.4 Å². The molecule has 4 aromatic carbocycles. The Morgan fingerprint density at radius 2 is 1.12 bits per heavy atom. The number of phenols is 6. The molecule has 4 aromatic rings. The van der Waals surface area contributed by atoms with Gasteiger partial charge in [0, 0.05) is 59.4 Å². The summed E-state index contributed by atoms with van der Waals surface area (Å²) < 4.78 is 11.7. The first-order chi connectivity index (χ1) is 19.4. The normalized spacial score (nSPS) is 21.4. The first-order valence-electron chi connectivity index (χ1n) is 12.5. The zero-order valence-electron chi connectivity index (χ0n) is 21.0. The molecule has 12 nitrogen and oxygen atoms in total. The zero-order chi connectivity index (χ0) is 29.3. The second-order valence-corrected chi connectivity index (χ2v) is 10.1. The Kier molecular flexibility index (Phi) is 5.90. The van der Waals surface area contributed by atoms with E-state index in [1.54, 1.807) is 0 Å². The first-order valence-corrected chi connectivity index (χ1v) is 12.5. The molecule has 0 bridgehead atoms. The van der Waals surface area contributed by atoms with Crippen molar-refractivity contribution in [1.82, 2.24) is 0 Å². The van der Waals surface area contributed by atoms with E-state index in [1.165, 1.54) is 24.3 Å². The lowest BCUT2D eigenvalue weighted by Crippen LogP contribution is -2.30. The van der Waals surface area contributed by atoms with Crippen molar-refractivity contribution in [3.8, 4) is 51.7 Å². The van der Waals surface area contributed by atoms with E-state index in [0.717, 1.165) is 18.2 Å². The minimum atomic E-state index is -1.35. The molecular weight excluding hydrogens is 540 g/mol. The zero-order valence-corrected chi connectivity index (χ0v) is 21.0. The molecule has 0 aliphatic carbocycles. The number of aliphatic hydroxyl groups excluding tert-OH is 2. The fourth-order valence-corrected chi connectivity index (χ4v) is 5.53. The Morgan fingerprint density at radius 1 is 0.610 bits per heavy atom. The van der Waals surface area contributed by atoms with Crippen LogP contribution in [0.5, 0.6) is 51.7 Å². The largest absolute Gasteiger partial charge is 0.508 e. The molecule has 0 saturated heterocycles. The summed E-state index contributed by atoms with van der Waals surface area (Å²) in [5.41, 5.74) is -0.835. The summed E-state index contributed by atoms with van der Waals surface area (Å²) in [6.07, 6.45) is -5.51. The molecule has 4 atom stereocenters. The number of hydrogen-bond acceptors (Lipinski definition) is 12. The van der Waals surface area contributed by atoms with Crippen LogP contribution in [0.4, 0.5) is 0 Å². The number of benzene rings is 3. The number of phenolic OH excluding ortho intramolecular Hbond substituents is 6. The van der Waals surface area contributed by atoms with Crippen molar-refractivity contribution in [2.45, 2.75) is 37.3 Å². The molecule has 212 valence electrons. The summed E-state index contributed by atoms with van der Waals surface area (Å²) in [4.78, 5) is 13.5. The van der Waals surface area contributed by atoms with Crippen LogP contribution in [0.2, 0.25) is 0 Å². The van der Waals surface area contributed by atoms with Crippen LogP contribution < -0.4 is 14.9 Å². The van der Waals surface area contributed by atoms with Gasteiger partial charge in [-0.2, -0.15) is 0 Å². The Bertz CT molecular complexity index is 1800. The number of hydrogen-bond donors (Lipinski definition) is 9. The highest BCUT2D eigenvalue weighted by Crippen LogP contribution is 2.47. The monoisotopic (exact) mass is 564 g/mol. The van der Waals surface area contributed by atoms with Gasteiger partial charge in [0.1, 0.15) is 34.5 Å². The van der Waals surface area contributed by atoms with Gasteiger partial charge in [-0.05, 0) is 11.5 Å². The van der Waals surface area contributed by atoms with Crippen molar-refractivity contribution in [2.75, 3.05) is 0 Å². The van der Waals surface area contributed by atoms with Crippen LogP contribution in [-0.4, -0.2) is 58.2 Å². The number of aromatic hydroxyl groups is 7. The van der Waals surface area contributed by atoms with Gasteiger partial charge >= 0.3 is 0 Å². The van der Waals surface area contributed by atoms with Gasteiger partial charge in [0.05, 0.1) is 17.6 Å². The Labute approximate surface area is 230 Å². The Balaban J connectivity index is 1.52. The van der Waals surface area contributed by atoms with Crippen molar-refractivity contribution >= 4 is 10.8 Å². The molecule has 0 amide bonds. The van der Waals surface area contributed by atoms with E-state index in [2.05, 4.69) is 0 Å². The van der Waals surface area contributed by atoms with Crippen LogP contribution in [0.3, 0.4) is 0 Å². The minimum Gasteiger partial charge on any atom is -0.508 e. The van der Waals surface area contributed by atoms with Crippen LogP contribution in [0.1, 0.15) is 34.5 Å². The van der Waals surface area contributed by atoms with E-state index in [9.17, 15) is 50.8 Å². The van der Waals surface area contributed by atoms with Crippen molar-refractivity contribution in [3.05, 3.63) is 74.9 Å². The maximum absolute atomic E-state index is 13.5. The number of fused-ring (bicyclic) bond motifs is 3. The quantitative estimate of drug-likeness (QED) is 0.160. The predicted octanol–water partition coefficient (Wildman–Crippen LogP) is 2.21. The summed E-state index contributed by atoms with van der Waals surface area (Å²) >= 11 is 0. The maximum Gasteiger partial charge on any atom is 0.232 e. The molecule has 2 unspecified atom stereocenters. The summed E-state index contributed by atoms with van der Waals surface area (Å²) in [5, 5.41) is 93.5. The van der Waals surface area contributed by atoms with Gasteiger partial charge in [-0.15, -0.1) is 0 Å². The fraction of sp³-hybridized carbons (Fsp3) is 0.207. The third kappa shape index (κ3) is 4.12. The lowest BCUT2D eigenvalue weighted by atomic mass is 9.91. The molecule has 0 radical (unpaired) electrons. The van der Waals surface area contributed by atoms with E-state index in [0.29, 0.717) is 0 Å². The van der Waals surface area contributed by atoms with E-state index in [-0.39, 0.29) is 75.0 Å². The van der Waals surface area contributed by atoms with Crippen LogP contribution in [0.25, 0.3) is 10.8 Å².